The molecule has 2 aromatic rings. The number of hydrogen-bond donors (Lipinski definition) is 0. The van der Waals surface area contributed by atoms with Gasteiger partial charge in [0.2, 0.25) is 5.90 Å². The van der Waals surface area contributed by atoms with E-state index in [-0.39, 0.29) is 11.6 Å². The van der Waals surface area contributed by atoms with Crippen LogP contribution in [0.5, 0.6) is 5.75 Å². The smallest absolute Gasteiger partial charge is 0.363 e. The van der Waals surface area contributed by atoms with Gasteiger partial charge in [0, 0.05) is 5.56 Å². The van der Waals surface area contributed by atoms with Gasteiger partial charge in [-0.2, -0.15) is 0 Å². The van der Waals surface area contributed by atoms with Crippen LogP contribution in [0.1, 0.15) is 69.4 Å². The molecule has 0 saturated heterocycles. The molecule has 0 aromatic heterocycles. The van der Waals surface area contributed by atoms with Gasteiger partial charge in [-0.15, -0.1) is 0 Å². The summed E-state index contributed by atoms with van der Waals surface area (Å²) in [5, 5.41) is 0.871. The van der Waals surface area contributed by atoms with Gasteiger partial charge in [-0.1, -0.05) is 81.1 Å². The fraction of sp³-hybridized carbons (Fsp3) is 0.385. The van der Waals surface area contributed by atoms with Gasteiger partial charge in [0.25, 0.3) is 0 Å². The third-order valence-electron chi connectivity index (χ3n) is 5.24. The highest BCUT2D eigenvalue weighted by Gasteiger charge is 2.24. The maximum Gasteiger partial charge on any atom is 0.363 e. The third kappa shape index (κ3) is 7.39. The molecule has 1 heterocycles. The SMILES string of the molecule is CCCCCCCCCCOc1ccc(C2=NC(=Cc3ccc(Cl)c(Cl)c3)C(=O)O2)cc1. The molecule has 32 heavy (non-hydrogen) atoms. The molecule has 0 bridgehead atoms. The van der Waals surface area contributed by atoms with Gasteiger partial charge in [0.15, 0.2) is 5.70 Å². The van der Waals surface area contributed by atoms with Gasteiger partial charge in [-0.3, -0.25) is 0 Å². The lowest BCUT2D eigenvalue weighted by atomic mass is 10.1. The fourth-order valence-corrected chi connectivity index (χ4v) is 3.72. The van der Waals surface area contributed by atoms with Crippen molar-refractivity contribution in [3.05, 3.63) is 69.3 Å². The van der Waals surface area contributed by atoms with Crippen molar-refractivity contribution in [3.8, 4) is 5.75 Å². The Labute approximate surface area is 200 Å². The molecule has 0 unspecified atom stereocenters. The zero-order valence-electron chi connectivity index (χ0n) is 18.4. The molecule has 0 saturated carbocycles. The summed E-state index contributed by atoms with van der Waals surface area (Å²) < 4.78 is 11.2. The van der Waals surface area contributed by atoms with E-state index in [1.807, 2.05) is 24.3 Å². The van der Waals surface area contributed by atoms with Crippen molar-refractivity contribution in [1.82, 2.24) is 0 Å². The van der Waals surface area contributed by atoms with Gasteiger partial charge < -0.3 is 9.47 Å². The molecule has 170 valence electrons. The van der Waals surface area contributed by atoms with Crippen LogP contribution < -0.4 is 4.74 Å². The number of aliphatic imine (C=N–C) groups is 1. The van der Waals surface area contributed by atoms with Gasteiger partial charge in [-0.05, 0) is 54.5 Å². The number of carbonyl (C=O) groups excluding carboxylic acids is 1. The molecule has 1 aliphatic rings. The summed E-state index contributed by atoms with van der Waals surface area (Å²) in [7, 11) is 0. The average Bonchev–Trinajstić information content (AvgIpc) is 3.15. The number of hydrogen-bond acceptors (Lipinski definition) is 4. The van der Waals surface area contributed by atoms with Crippen LogP contribution in [-0.4, -0.2) is 18.5 Å². The second-order valence-corrected chi connectivity index (χ2v) is 8.67. The van der Waals surface area contributed by atoms with Crippen LogP contribution >= 0.6 is 23.2 Å². The summed E-state index contributed by atoms with van der Waals surface area (Å²) in [5.41, 5.74) is 1.66. The van der Waals surface area contributed by atoms with Crippen LogP contribution in [0.4, 0.5) is 0 Å². The molecule has 0 atom stereocenters. The predicted octanol–water partition coefficient (Wildman–Crippen LogP) is 7.86. The molecule has 3 rings (SSSR count). The molecule has 0 aliphatic carbocycles. The molecule has 0 fully saturated rings. The van der Waals surface area contributed by atoms with Crippen molar-refractivity contribution < 1.29 is 14.3 Å². The molecule has 0 amide bonds. The second kappa shape index (κ2) is 12.7. The van der Waals surface area contributed by atoms with E-state index in [1.165, 1.54) is 44.9 Å². The molecule has 0 radical (unpaired) electrons. The molecule has 1 aliphatic heterocycles. The average molecular weight is 474 g/mol. The number of cyclic esters (lactones) is 1. The Bertz CT molecular complexity index is 968. The number of unbranched alkanes of at least 4 members (excludes halogenated alkanes) is 7. The Hall–Kier alpha value is -2.30. The van der Waals surface area contributed by atoms with E-state index in [0.717, 1.165) is 23.3 Å². The lowest BCUT2D eigenvalue weighted by molar-refractivity contribution is -0.129. The summed E-state index contributed by atoms with van der Waals surface area (Å²) in [5.74, 6) is 0.574. The van der Waals surface area contributed by atoms with Crippen LogP contribution in [0.3, 0.4) is 0 Å². The number of rotatable bonds is 12. The first-order chi connectivity index (χ1) is 15.6. The Morgan fingerprint density at radius 2 is 1.59 bits per heavy atom. The van der Waals surface area contributed by atoms with Gasteiger partial charge in [0.05, 0.1) is 16.7 Å². The topological polar surface area (TPSA) is 47.9 Å². The minimum atomic E-state index is -0.499. The first kappa shape index (κ1) is 24.3. The summed E-state index contributed by atoms with van der Waals surface area (Å²) in [6.45, 7) is 2.95. The maximum absolute atomic E-state index is 12.2. The van der Waals surface area contributed by atoms with Crippen LogP contribution in [0.25, 0.3) is 6.08 Å². The number of carbonyl (C=O) groups is 1. The summed E-state index contributed by atoms with van der Waals surface area (Å²) >= 11 is 12.0. The van der Waals surface area contributed by atoms with Crippen molar-refractivity contribution >= 4 is 41.1 Å². The van der Waals surface area contributed by atoms with Crippen molar-refractivity contribution in [3.63, 3.8) is 0 Å². The normalized spacial score (nSPS) is 14.5. The zero-order valence-corrected chi connectivity index (χ0v) is 19.9. The molecule has 0 N–H and O–H groups in total. The van der Waals surface area contributed by atoms with Crippen molar-refractivity contribution in [2.45, 2.75) is 58.3 Å². The van der Waals surface area contributed by atoms with Crippen molar-refractivity contribution in [2.75, 3.05) is 6.61 Å². The zero-order chi connectivity index (χ0) is 22.8. The van der Waals surface area contributed by atoms with E-state index >= 15 is 0 Å². The quantitative estimate of drug-likeness (QED) is 0.179. The largest absolute Gasteiger partial charge is 0.494 e. The Balaban J connectivity index is 1.48. The van der Waals surface area contributed by atoms with Crippen LogP contribution in [0.2, 0.25) is 10.0 Å². The summed E-state index contributed by atoms with van der Waals surface area (Å²) in [6.07, 6.45) is 11.8. The third-order valence-corrected chi connectivity index (χ3v) is 5.97. The van der Waals surface area contributed by atoms with E-state index in [2.05, 4.69) is 11.9 Å². The molecular formula is C26H29Cl2NO3. The van der Waals surface area contributed by atoms with Gasteiger partial charge >= 0.3 is 5.97 Å². The predicted molar refractivity (Wildman–Crippen MR) is 132 cm³/mol. The number of benzene rings is 2. The van der Waals surface area contributed by atoms with Crippen LogP contribution in [-0.2, 0) is 9.53 Å². The second-order valence-electron chi connectivity index (χ2n) is 7.86. The number of nitrogens with zero attached hydrogens (tertiary/aromatic N) is 1. The van der Waals surface area contributed by atoms with E-state index in [1.54, 1.807) is 24.3 Å². The number of esters is 1. The summed E-state index contributed by atoms with van der Waals surface area (Å²) in [4.78, 5) is 16.5. The Morgan fingerprint density at radius 1 is 0.906 bits per heavy atom. The highest BCUT2D eigenvalue weighted by atomic mass is 35.5. The molecule has 0 spiro atoms. The van der Waals surface area contributed by atoms with Crippen LogP contribution in [0.15, 0.2) is 53.2 Å². The maximum atomic E-state index is 12.2. The van der Waals surface area contributed by atoms with E-state index in [4.69, 9.17) is 32.7 Å². The van der Waals surface area contributed by atoms with Crippen LogP contribution in [0, 0.1) is 0 Å². The Kier molecular flexibility index (Phi) is 9.63. The summed E-state index contributed by atoms with van der Waals surface area (Å²) in [6, 6.07) is 12.5. The first-order valence-electron chi connectivity index (χ1n) is 11.3. The van der Waals surface area contributed by atoms with Crippen molar-refractivity contribution in [1.29, 1.82) is 0 Å². The van der Waals surface area contributed by atoms with Gasteiger partial charge in [-0.25, -0.2) is 9.79 Å². The van der Waals surface area contributed by atoms with Crippen molar-refractivity contribution in [2.24, 2.45) is 4.99 Å². The number of halogens is 2. The highest BCUT2D eigenvalue weighted by molar-refractivity contribution is 6.42. The highest BCUT2D eigenvalue weighted by Crippen LogP contribution is 2.26. The molecular weight excluding hydrogens is 445 g/mol. The van der Waals surface area contributed by atoms with E-state index in [9.17, 15) is 4.79 Å². The van der Waals surface area contributed by atoms with E-state index < -0.39 is 5.97 Å². The molecule has 2 aromatic carbocycles. The number of ether oxygens (including phenoxy) is 2. The standard InChI is InChI=1S/C26H29Cl2NO3/c1-2-3-4-5-6-7-8-9-16-31-21-13-11-20(12-14-21)25-29-24(26(30)32-25)18-19-10-15-22(27)23(28)17-19/h10-15,17-18H,2-9,16H2,1H3. The minimum Gasteiger partial charge on any atom is -0.494 e. The molecule has 6 heteroatoms. The van der Waals surface area contributed by atoms with Gasteiger partial charge in [0.1, 0.15) is 5.75 Å². The lowest BCUT2D eigenvalue weighted by Crippen LogP contribution is -2.05. The van der Waals surface area contributed by atoms with E-state index in [0.29, 0.717) is 16.7 Å². The minimum absolute atomic E-state index is 0.216. The fourth-order valence-electron chi connectivity index (χ4n) is 3.41. The molecule has 4 nitrogen and oxygen atoms in total. The lowest BCUT2D eigenvalue weighted by Gasteiger charge is -2.07. The monoisotopic (exact) mass is 473 g/mol. The Morgan fingerprint density at radius 3 is 2.28 bits per heavy atom. The first-order valence-corrected chi connectivity index (χ1v) is 12.0.